The second kappa shape index (κ2) is 8.10. The summed E-state index contributed by atoms with van der Waals surface area (Å²) in [6, 6.07) is 0.229. The quantitative estimate of drug-likeness (QED) is 0.722. The number of ether oxygens (including phenoxy) is 3. The molecule has 0 radical (unpaired) electrons. The molecule has 1 aliphatic rings. The summed E-state index contributed by atoms with van der Waals surface area (Å²) in [5, 5.41) is 3.44. The van der Waals surface area contributed by atoms with Crippen LogP contribution in [0.5, 0.6) is 0 Å². The predicted octanol–water partition coefficient (Wildman–Crippen LogP) is 1.83. The van der Waals surface area contributed by atoms with Gasteiger partial charge in [0.1, 0.15) is 0 Å². The summed E-state index contributed by atoms with van der Waals surface area (Å²) in [5.74, 6) is 0.659. The van der Waals surface area contributed by atoms with Gasteiger partial charge in [0.15, 0.2) is 0 Å². The molecule has 18 heavy (non-hydrogen) atoms. The van der Waals surface area contributed by atoms with Crippen molar-refractivity contribution in [2.24, 2.45) is 5.92 Å². The van der Waals surface area contributed by atoms with Crippen LogP contribution in [0.4, 0.5) is 0 Å². The summed E-state index contributed by atoms with van der Waals surface area (Å²) in [6.07, 6.45) is 2.25. The van der Waals surface area contributed by atoms with Crippen molar-refractivity contribution in [2.75, 3.05) is 40.1 Å². The number of methoxy groups -OCH3 is 1. The Bertz CT molecular complexity index is 215. The molecule has 4 nitrogen and oxygen atoms in total. The molecule has 0 aromatic heterocycles. The zero-order valence-electron chi connectivity index (χ0n) is 12.3. The average Bonchev–Trinajstić information content (AvgIpc) is 2.39. The second-order valence-electron chi connectivity index (χ2n) is 5.51. The van der Waals surface area contributed by atoms with Crippen LogP contribution in [0.3, 0.4) is 0 Å². The largest absolute Gasteiger partial charge is 0.381 e. The lowest BCUT2D eigenvalue weighted by atomic mass is 9.99. The Kier molecular flexibility index (Phi) is 7.15. The lowest BCUT2D eigenvalue weighted by Crippen LogP contribution is -2.51. The van der Waals surface area contributed by atoms with Crippen molar-refractivity contribution in [1.82, 2.24) is 5.32 Å². The molecule has 0 amide bonds. The van der Waals surface area contributed by atoms with Gasteiger partial charge in [-0.05, 0) is 39.2 Å². The van der Waals surface area contributed by atoms with Gasteiger partial charge in [-0.2, -0.15) is 0 Å². The van der Waals surface area contributed by atoms with Crippen molar-refractivity contribution < 1.29 is 14.2 Å². The smallest absolute Gasteiger partial charge is 0.0797 e. The van der Waals surface area contributed by atoms with E-state index in [1.807, 2.05) is 0 Å². The first-order valence-electron chi connectivity index (χ1n) is 7.04. The molecule has 4 heteroatoms. The van der Waals surface area contributed by atoms with E-state index in [9.17, 15) is 0 Å². The fourth-order valence-electron chi connectivity index (χ4n) is 2.16. The molecular formula is C14H29NO3. The zero-order chi connectivity index (χ0) is 13.4. The highest BCUT2D eigenvalue weighted by molar-refractivity contribution is 4.85. The maximum absolute atomic E-state index is 5.88. The fourth-order valence-corrected chi connectivity index (χ4v) is 2.16. The maximum atomic E-state index is 5.88. The summed E-state index contributed by atoms with van der Waals surface area (Å²) < 4.78 is 16.8. The van der Waals surface area contributed by atoms with E-state index in [1.165, 1.54) is 0 Å². The monoisotopic (exact) mass is 259 g/mol. The van der Waals surface area contributed by atoms with Crippen LogP contribution in [-0.2, 0) is 14.2 Å². The van der Waals surface area contributed by atoms with Crippen molar-refractivity contribution in [2.45, 2.75) is 45.3 Å². The van der Waals surface area contributed by atoms with E-state index in [0.29, 0.717) is 12.5 Å². The first-order chi connectivity index (χ1) is 8.60. The lowest BCUT2D eigenvalue weighted by Gasteiger charge is -2.34. The molecule has 0 aromatic carbocycles. The highest BCUT2D eigenvalue weighted by atomic mass is 16.5. The Hall–Kier alpha value is -0.160. The lowest BCUT2D eigenvalue weighted by molar-refractivity contribution is -0.0484. The predicted molar refractivity (Wildman–Crippen MR) is 72.9 cm³/mol. The van der Waals surface area contributed by atoms with E-state index < -0.39 is 0 Å². The summed E-state index contributed by atoms with van der Waals surface area (Å²) in [6.45, 7) is 10.5. The van der Waals surface area contributed by atoms with Crippen LogP contribution >= 0.6 is 0 Å². The molecule has 1 N–H and O–H groups in total. The van der Waals surface area contributed by atoms with E-state index in [0.717, 1.165) is 39.2 Å². The molecule has 1 saturated heterocycles. The van der Waals surface area contributed by atoms with Gasteiger partial charge in [-0.1, -0.05) is 6.92 Å². The number of likely N-dealkylation sites (N-methyl/N-ethyl adjacent to an activating group) is 1. The molecule has 1 atom stereocenters. The third-order valence-corrected chi connectivity index (χ3v) is 3.79. The van der Waals surface area contributed by atoms with Crippen molar-refractivity contribution in [3.05, 3.63) is 0 Å². The van der Waals surface area contributed by atoms with Crippen molar-refractivity contribution in [3.63, 3.8) is 0 Å². The SMILES string of the molecule is CCNC(COCC1CCOCC1)C(C)(C)OC. The Morgan fingerprint density at radius 1 is 1.33 bits per heavy atom. The van der Waals surface area contributed by atoms with Crippen LogP contribution in [0.25, 0.3) is 0 Å². The van der Waals surface area contributed by atoms with Gasteiger partial charge in [0, 0.05) is 26.9 Å². The van der Waals surface area contributed by atoms with Crippen LogP contribution in [0.1, 0.15) is 33.6 Å². The fraction of sp³-hybridized carbons (Fsp3) is 1.00. The summed E-state index contributed by atoms with van der Waals surface area (Å²) >= 11 is 0. The minimum Gasteiger partial charge on any atom is -0.381 e. The summed E-state index contributed by atoms with van der Waals surface area (Å²) in [5.41, 5.74) is -0.203. The van der Waals surface area contributed by atoms with Crippen LogP contribution in [0, 0.1) is 5.92 Å². The van der Waals surface area contributed by atoms with Gasteiger partial charge in [0.25, 0.3) is 0 Å². The molecule has 0 aromatic rings. The van der Waals surface area contributed by atoms with Gasteiger partial charge in [-0.15, -0.1) is 0 Å². The van der Waals surface area contributed by atoms with Gasteiger partial charge < -0.3 is 19.5 Å². The van der Waals surface area contributed by atoms with Crippen molar-refractivity contribution in [1.29, 1.82) is 0 Å². The molecule has 1 aliphatic heterocycles. The molecule has 108 valence electrons. The minimum absolute atomic E-state index is 0.203. The maximum Gasteiger partial charge on any atom is 0.0797 e. The first-order valence-corrected chi connectivity index (χ1v) is 7.04. The van der Waals surface area contributed by atoms with Gasteiger partial charge >= 0.3 is 0 Å². The molecule has 0 aliphatic carbocycles. The van der Waals surface area contributed by atoms with Crippen LogP contribution in [0.15, 0.2) is 0 Å². The third-order valence-electron chi connectivity index (χ3n) is 3.79. The Labute approximate surface area is 111 Å². The van der Waals surface area contributed by atoms with Gasteiger partial charge in [-0.25, -0.2) is 0 Å². The van der Waals surface area contributed by atoms with Gasteiger partial charge in [0.05, 0.1) is 18.2 Å². The van der Waals surface area contributed by atoms with E-state index >= 15 is 0 Å². The molecule has 0 saturated carbocycles. The number of nitrogens with one attached hydrogen (secondary N) is 1. The highest BCUT2D eigenvalue weighted by Crippen LogP contribution is 2.17. The highest BCUT2D eigenvalue weighted by Gasteiger charge is 2.29. The van der Waals surface area contributed by atoms with Crippen LogP contribution in [-0.4, -0.2) is 51.7 Å². The molecular weight excluding hydrogens is 230 g/mol. The van der Waals surface area contributed by atoms with Crippen molar-refractivity contribution in [3.8, 4) is 0 Å². The minimum atomic E-state index is -0.203. The van der Waals surface area contributed by atoms with E-state index in [2.05, 4.69) is 26.1 Å². The van der Waals surface area contributed by atoms with Crippen LogP contribution < -0.4 is 5.32 Å². The molecule has 0 bridgehead atoms. The van der Waals surface area contributed by atoms with Gasteiger partial charge in [0.2, 0.25) is 0 Å². The Morgan fingerprint density at radius 2 is 2.00 bits per heavy atom. The zero-order valence-corrected chi connectivity index (χ0v) is 12.3. The molecule has 1 heterocycles. The van der Waals surface area contributed by atoms with Crippen LogP contribution in [0.2, 0.25) is 0 Å². The third kappa shape index (κ3) is 5.22. The van der Waals surface area contributed by atoms with Gasteiger partial charge in [-0.3, -0.25) is 0 Å². The Morgan fingerprint density at radius 3 is 2.56 bits per heavy atom. The number of hydrogen-bond acceptors (Lipinski definition) is 4. The number of rotatable bonds is 8. The average molecular weight is 259 g/mol. The summed E-state index contributed by atoms with van der Waals surface area (Å²) in [7, 11) is 1.75. The normalized spacial score (nSPS) is 20.0. The van der Waals surface area contributed by atoms with Crippen molar-refractivity contribution >= 4 is 0 Å². The number of hydrogen-bond donors (Lipinski definition) is 1. The molecule has 1 fully saturated rings. The topological polar surface area (TPSA) is 39.7 Å². The standard InChI is InChI=1S/C14H29NO3/c1-5-15-13(14(2,3)16-4)11-18-10-12-6-8-17-9-7-12/h12-13,15H,5-11H2,1-4H3. The molecule has 1 unspecified atom stereocenters. The van der Waals surface area contributed by atoms with E-state index in [4.69, 9.17) is 14.2 Å². The Balaban J connectivity index is 2.28. The molecule has 1 rings (SSSR count). The van der Waals surface area contributed by atoms with E-state index in [-0.39, 0.29) is 11.6 Å². The van der Waals surface area contributed by atoms with E-state index in [1.54, 1.807) is 7.11 Å². The molecule has 0 spiro atoms. The second-order valence-corrected chi connectivity index (χ2v) is 5.51. The first kappa shape index (κ1) is 15.9. The summed E-state index contributed by atoms with van der Waals surface area (Å²) in [4.78, 5) is 0.